The largest absolute Gasteiger partial charge is 0.474 e. The SMILES string of the molecule is CC(C)(C)OC(=O)NC1CC(Oc2ncc(F)cc2CN)C1. The summed E-state index contributed by atoms with van der Waals surface area (Å²) in [6.07, 6.45) is 1.91. The Morgan fingerprint density at radius 1 is 1.50 bits per heavy atom. The minimum Gasteiger partial charge on any atom is -0.474 e. The second-order valence-electron chi connectivity index (χ2n) is 6.38. The molecule has 0 bridgehead atoms. The highest BCUT2D eigenvalue weighted by molar-refractivity contribution is 5.68. The lowest BCUT2D eigenvalue weighted by Gasteiger charge is -2.36. The van der Waals surface area contributed by atoms with Crippen LogP contribution in [0, 0.1) is 5.82 Å². The maximum atomic E-state index is 13.1. The molecule has 1 aromatic heterocycles. The van der Waals surface area contributed by atoms with Crippen molar-refractivity contribution in [2.75, 3.05) is 0 Å². The molecule has 0 unspecified atom stereocenters. The van der Waals surface area contributed by atoms with Crippen LogP contribution in [-0.4, -0.2) is 28.8 Å². The number of nitrogens with two attached hydrogens (primary N) is 1. The van der Waals surface area contributed by atoms with E-state index in [9.17, 15) is 9.18 Å². The third-order valence-electron chi connectivity index (χ3n) is 3.21. The average Bonchev–Trinajstić information content (AvgIpc) is 2.35. The summed E-state index contributed by atoms with van der Waals surface area (Å²) in [5.74, 6) is -0.0875. The van der Waals surface area contributed by atoms with Crippen LogP contribution in [0.25, 0.3) is 0 Å². The predicted octanol–water partition coefficient (Wildman–Crippen LogP) is 2.11. The van der Waals surface area contributed by atoms with E-state index >= 15 is 0 Å². The Kier molecular flexibility index (Phi) is 4.85. The molecule has 0 aliphatic heterocycles. The normalized spacial score (nSPS) is 21.0. The highest BCUT2D eigenvalue weighted by Gasteiger charge is 2.33. The minimum atomic E-state index is -0.516. The Hall–Kier alpha value is -1.89. The van der Waals surface area contributed by atoms with Crippen molar-refractivity contribution >= 4 is 6.09 Å². The van der Waals surface area contributed by atoms with Crippen LogP contribution in [0.3, 0.4) is 0 Å². The van der Waals surface area contributed by atoms with Crippen LogP contribution in [0.4, 0.5) is 9.18 Å². The topological polar surface area (TPSA) is 86.5 Å². The van der Waals surface area contributed by atoms with Gasteiger partial charge in [0.2, 0.25) is 5.88 Å². The van der Waals surface area contributed by atoms with E-state index < -0.39 is 17.5 Å². The van der Waals surface area contributed by atoms with Crippen molar-refractivity contribution in [1.82, 2.24) is 10.3 Å². The van der Waals surface area contributed by atoms with Crippen LogP contribution in [0.5, 0.6) is 5.88 Å². The molecule has 0 atom stereocenters. The maximum Gasteiger partial charge on any atom is 0.407 e. The Bertz CT molecular complexity index is 539. The molecule has 1 aromatic rings. The Labute approximate surface area is 129 Å². The average molecular weight is 311 g/mol. The fourth-order valence-corrected chi connectivity index (χ4v) is 2.13. The van der Waals surface area contributed by atoms with E-state index in [2.05, 4.69) is 10.3 Å². The fourth-order valence-electron chi connectivity index (χ4n) is 2.13. The zero-order chi connectivity index (χ0) is 16.3. The lowest BCUT2D eigenvalue weighted by Crippen LogP contribution is -2.50. The van der Waals surface area contributed by atoms with Crippen LogP contribution >= 0.6 is 0 Å². The van der Waals surface area contributed by atoms with E-state index in [1.54, 1.807) is 0 Å². The first-order valence-electron chi connectivity index (χ1n) is 7.27. The van der Waals surface area contributed by atoms with Gasteiger partial charge in [-0.3, -0.25) is 0 Å². The third-order valence-corrected chi connectivity index (χ3v) is 3.21. The maximum absolute atomic E-state index is 13.1. The van der Waals surface area contributed by atoms with Gasteiger partial charge in [0.15, 0.2) is 0 Å². The number of alkyl carbamates (subject to hydrolysis) is 1. The molecule has 0 aromatic carbocycles. The van der Waals surface area contributed by atoms with Crippen LogP contribution in [0.1, 0.15) is 39.2 Å². The van der Waals surface area contributed by atoms with Gasteiger partial charge in [-0.15, -0.1) is 0 Å². The van der Waals surface area contributed by atoms with Gasteiger partial charge in [0.25, 0.3) is 0 Å². The number of nitrogens with one attached hydrogen (secondary N) is 1. The molecule has 1 heterocycles. The number of aromatic nitrogens is 1. The van der Waals surface area contributed by atoms with Crippen molar-refractivity contribution in [3.63, 3.8) is 0 Å². The van der Waals surface area contributed by atoms with Gasteiger partial charge in [-0.2, -0.15) is 0 Å². The number of ether oxygens (including phenoxy) is 2. The summed E-state index contributed by atoms with van der Waals surface area (Å²) in [6, 6.07) is 1.33. The minimum absolute atomic E-state index is 0.0154. The van der Waals surface area contributed by atoms with E-state index in [4.69, 9.17) is 15.2 Å². The lowest BCUT2D eigenvalue weighted by molar-refractivity contribution is 0.0352. The second kappa shape index (κ2) is 6.48. The first-order chi connectivity index (χ1) is 10.3. The number of pyridine rings is 1. The summed E-state index contributed by atoms with van der Waals surface area (Å²) in [6.45, 7) is 5.60. The highest BCUT2D eigenvalue weighted by atomic mass is 19.1. The van der Waals surface area contributed by atoms with Crippen molar-refractivity contribution in [1.29, 1.82) is 0 Å². The quantitative estimate of drug-likeness (QED) is 0.889. The molecule has 1 saturated carbocycles. The molecule has 0 saturated heterocycles. The number of rotatable bonds is 4. The van der Waals surface area contributed by atoms with Crippen molar-refractivity contribution in [2.24, 2.45) is 5.73 Å². The van der Waals surface area contributed by atoms with Gasteiger partial charge in [-0.05, 0) is 26.8 Å². The molecule has 0 spiro atoms. The van der Waals surface area contributed by atoms with Crippen LogP contribution in [-0.2, 0) is 11.3 Å². The Morgan fingerprint density at radius 3 is 2.77 bits per heavy atom. The predicted molar refractivity (Wildman–Crippen MR) is 78.9 cm³/mol. The number of hydrogen-bond acceptors (Lipinski definition) is 5. The third kappa shape index (κ3) is 4.56. The molecule has 7 heteroatoms. The molecular formula is C15H22FN3O3. The number of nitrogens with zero attached hydrogens (tertiary/aromatic N) is 1. The number of halogens is 1. The number of hydrogen-bond donors (Lipinski definition) is 2. The monoisotopic (exact) mass is 311 g/mol. The summed E-state index contributed by atoms with van der Waals surface area (Å²) in [4.78, 5) is 15.5. The van der Waals surface area contributed by atoms with E-state index in [1.165, 1.54) is 6.07 Å². The molecule has 1 fully saturated rings. The molecule has 1 aliphatic rings. The Balaban J connectivity index is 1.79. The molecule has 1 amide bonds. The van der Waals surface area contributed by atoms with Crippen molar-refractivity contribution in [3.05, 3.63) is 23.6 Å². The first kappa shape index (κ1) is 16.5. The molecule has 0 radical (unpaired) electrons. The molecule has 122 valence electrons. The zero-order valence-corrected chi connectivity index (χ0v) is 13.1. The summed E-state index contributed by atoms with van der Waals surface area (Å²) in [5, 5.41) is 2.78. The number of carbonyl (C=O) groups excluding carboxylic acids is 1. The lowest BCUT2D eigenvalue weighted by atomic mass is 9.89. The first-order valence-corrected chi connectivity index (χ1v) is 7.27. The standard InChI is InChI=1S/C15H22FN3O3/c1-15(2,3)22-14(20)19-11-5-12(6-11)21-13-9(7-17)4-10(16)8-18-13/h4,8,11-12H,5-7,17H2,1-3H3,(H,19,20). The van der Waals surface area contributed by atoms with Crippen LogP contribution in [0.15, 0.2) is 12.3 Å². The van der Waals surface area contributed by atoms with Gasteiger partial charge >= 0.3 is 6.09 Å². The van der Waals surface area contributed by atoms with Gasteiger partial charge in [0.1, 0.15) is 17.5 Å². The highest BCUT2D eigenvalue weighted by Crippen LogP contribution is 2.27. The molecule has 2 rings (SSSR count). The molecule has 1 aliphatic carbocycles. The molecule has 6 nitrogen and oxygen atoms in total. The summed E-state index contributed by atoms with van der Waals surface area (Å²) in [5.41, 5.74) is 5.56. The fraction of sp³-hybridized carbons (Fsp3) is 0.600. The van der Waals surface area contributed by atoms with Gasteiger partial charge in [-0.1, -0.05) is 0 Å². The van der Waals surface area contributed by atoms with Crippen LogP contribution < -0.4 is 15.8 Å². The van der Waals surface area contributed by atoms with Crippen molar-refractivity contribution in [3.8, 4) is 5.88 Å². The molecule has 3 N–H and O–H groups in total. The zero-order valence-electron chi connectivity index (χ0n) is 13.1. The van der Waals surface area contributed by atoms with E-state index in [0.29, 0.717) is 24.3 Å². The van der Waals surface area contributed by atoms with Crippen LogP contribution in [0.2, 0.25) is 0 Å². The van der Waals surface area contributed by atoms with Crippen molar-refractivity contribution in [2.45, 2.75) is 57.9 Å². The second-order valence-corrected chi connectivity index (χ2v) is 6.38. The van der Waals surface area contributed by atoms with Gasteiger partial charge in [0, 0.05) is 31.0 Å². The molecular weight excluding hydrogens is 289 g/mol. The van der Waals surface area contributed by atoms with Gasteiger partial charge in [-0.25, -0.2) is 14.2 Å². The number of amides is 1. The van der Waals surface area contributed by atoms with Crippen molar-refractivity contribution < 1.29 is 18.7 Å². The van der Waals surface area contributed by atoms with E-state index in [0.717, 1.165) is 6.20 Å². The Morgan fingerprint density at radius 2 is 2.18 bits per heavy atom. The molecule has 22 heavy (non-hydrogen) atoms. The van der Waals surface area contributed by atoms with E-state index in [1.807, 2.05) is 20.8 Å². The summed E-state index contributed by atoms with van der Waals surface area (Å²) >= 11 is 0. The smallest absolute Gasteiger partial charge is 0.407 e. The summed E-state index contributed by atoms with van der Waals surface area (Å²) in [7, 11) is 0. The van der Waals surface area contributed by atoms with E-state index in [-0.39, 0.29) is 18.7 Å². The number of carbonyl (C=O) groups is 1. The van der Waals surface area contributed by atoms with Gasteiger partial charge in [0.05, 0.1) is 6.20 Å². The summed E-state index contributed by atoms with van der Waals surface area (Å²) < 4.78 is 23.9. The van der Waals surface area contributed by atoms with Gasteiger partial charge < -0.3 is 20.5 Å².